The van der Waals surface area contributed by atoms with Gasteiger partial charge >= 0.3 is 0 Å². The van der Waals surface area contributed by atoms with Crippen LogP contribution in [0.3, 0.4) is 0 Å². The Balaban J connectivity index is 2.25. The lowest BCUT2D eigenvalue weighted by atomic mass is 10.2. The highest BCUT2D eigenvalue weighted by Crippen LogP contribution is 2.15. The molecule has 0 heterocycles. The van der Waals surface area contributed by atoms with Gasteiger partial charge in [-0.15, -0.1) is 0 Å². The third-order valence-electron chi connectivity index (χ3n) is 2.52. The highest BCUT2D eigenvalue weighted by atomic mass is 16.5. The van der Waals surface area contributed by atoms with Crippen LogP contribution in [-0.2, 0) is 16.1 Å². The smallest absolute Gasteiger partial charge is 0.0733 e. The molecular formula is C14H23NO2. The molecule has 0 spiro atoms. The molecule has 0 amide bonds. The van der Waals surface area contributed by atoms with E-state index in [4.69, 9.17) is 9.47 Å². The standard InChI is InChI=1S/C14H23NO2/c1-3-4-10-17-11-9-15-14-8-6-5-7-13(14)12-16-2/h5-8,15H,3-4,9-12H2,1-2H3. The van der Waals surface area contributed by atoms with Crippen molar-refractivity contribution in [2.24, 2.45) is 0 Å². The largest absolute Gasteiger partial charge is 0.382 e. The van der Waals surface area contributed by atoms with Crippen LogP contribution in [0, 0.1) is 0 Å². The Morgan fingerprint density at radius 3 is 2.76 bits per heavy atom. The van der Waals surface area contributed by atoms with E-state index in [1.807, 2.05) is 12.1 Å². The van der Waals surface area contributed by atoms with E-state index < -0.39 is 0 Å². The van der Waals surface area contributed by atoms with Crippen molar-refractivity contribution in [1.82, 2.24) is 0 Å². The summed E-state index contributed by atoms with van der Waals surface area (Å²) in [5, 5.41) is 3.37. The average Bonchev–Trinajstić information content (AvgIpc) is 2.36. The van der Waals surface area contributed by atoms with Crippen molar-refractivity contribution < 1.29 is 9.47 Å². The van der Waals surface area contributed by atoms with E-state index in [0.29, 0.717) is 6.61 Å². The molecule has 0 bridgehead atoms. The van der Waals surface area contributed by atoms with Gasteiger partial charge in [0.05, 0.1) is 13.2 Å². The summed E-state index contributed by atoms with van der Waals surface area (Å²) in [5.41, 5.74) is 2.32. The zero-order valence-electron chi connectivity index (χ0n) is 10.9. The highest BCUT2D eigenvalue weighted by Gasteiger charge is 1.99. The van der Waals surface area contributed by atoms with Gasteiger partial charge in [-0.3, -0.25) is 0 Å². The van der Waals surface area contributed by atoms with E-state index in [2.05, 4.69) is 24.4 Å². The van der Waals surface area contributed by atoms with Crippen molar-refractivity contribution >= 4 is 5.69 Å². The molecule has 96 valence electrons. The summed E-state index contributed by atoms with van der Waals surface area (Å²) >= 11 is 0. The normalized spacial score (nSPS) is 10.5. The van der Waals surface area contributed by atoms with E-state index in [9.17, 15) is 0 Å². The summed E-state index contributed by atoms with van der Waals surface area (Å²) in [5.74, 6) is 0. The van der Waals surface area contributed by atoms with Crippen LogP contribution in [0.15, 0.2) is 24.3 Å². The van der Waals surface area contributed by atoms with Gasteiger partial charge in [-0.1, -0.05) is 31.5 Å². The molecule has 0 fully saturated rings. The van der Waals surface area contributed by atoms with Gasteiger partial charge in [-0.25, -0.2) is 0 Å². The lowest BCUT2D eigenvalue weighted by Gasteiger charge is -2.11. The van der Waals surface area contributed by atoms with Crippen LogP contribution in [-0.4, -0.2) is 26.9 Å². The predicted molar refractivity (Wildman–Crippen MR) is 71.4 cm³/mol. The third-order valence-corrected chi connectivity index (χ3v) is 2.52. The minimum atomic E-state index is 0.639. The van der Waals surface area contributed by atoms with Crippen LogP contribution >= 0.6 is 0 Å². The van der Waals surface area contributed by atoms with Crippen molar-refractivity contribution in [3.63, 3.8) is 0 Å². The SMILES string of the molecule is CCCCOCCNc1ccccc1COC. The first kappa shape index (κ1) is 14.0. The van der Waals surface area contributed by atoms with Crippen LogP contribution in [0.2, 0.25) is 0 Å². The van der Waals surface area contributed by atoms with Crippen molar-refractivity contribution in [1.29, 1.82) is 0 Å². The molecule has 3 heteroatoms. The van der Waals surface area contributed by atoms with Gasteiger partial charge in [0, 0.05) is 31.5 Å². The lowest BCUT2D eigenvalue weighted by molar-refractivity contribution is 0.141. The van der Waals surface area contributed by atoms with Crippen LogP contribution in [0.25, 0.3) is 0 Å². The second-order valence-corrected chi connectivity index (χ2v) is 3.98. The second-order valence-electron chi connectivity index (χ2n) is 3.98. The number of methoxy groups -OCH3 is 1. The van der Waals surface area contributed by atoms with Crippen LogP contribution in [0.5, 0.6) is 0 Å². The molecule has 0 atom stereocenters. The summed E-state index contributed by atoms with van der Waals surface area (Å²) in [6.45, 7) is 5.26. The molecule has 17 heavy (non-hydrogen) atoms. The highest BCUT2D eigenvalue weighted by molar-refractivity contribution is 5.50. The Morgan fingerprint density at radius 2 is 2.00 bits per heavy atom. The van der Waals surface area contributed by atoms with E-state index in [1.165, 1.54) is 12.0 Å². The van der Waals surface area contributed by atoms with Crippen LogP contribution in [0.4, 0.5) is 5.69 Å². The monoisotopic (exact) mass is 237 g/mol. The molecule has 0 saturated carbocycles. The molecule has 0 aromatic heterocycles. The number of nitrogens with one attached hydrogen (secondary N) is 1. The molecule has 0 aliphatic heterocycles. The van der Waals surface area contributed by atoms with Crippen molar-refractivity contribution in [2.45, 2.75) is 26.4 Å². The Bertz CT molecular complexity index is 302. The van der Waals surface area contributed by atoms with E-state index in [-0.39, 0.29) is 0 Å². The number of hydrogen-bond acceptors (Lipinski definition) is 3. The maximum atomic E-state index is 5.50. The number of para-hydroxylation sites is 1. The number of hydrogen-bond donors (Lipinski definition) is 1. The van der Waals surface area contributed by atoms with E-state index in [1.54, 1.807) is 7.11 Å². The molecule has 0 unspecified atom stereocenters. The average molecular weight is 237 g/mol. The summed E-state index contributed by atoms with van der Waals surface area (Å²) in [7, 11) is 1.71. The Morgan fingerprint density at radius 1 is 1.18 bits per heavy atom. The molecular weight excluding hydrogens is 214 g/mol. The minimum absolute atomic E-state index is 0.639. The van der Waals surface area contributed by atoms with Gasteiger partial charge < -0.3 is 14.8 Å². The van der Waals surface area contributed by atoms with Gasteiger partial charge in [-0.05, 0) is 12.5 Å². The number of anilines is 1. The predicted octanol–water partition coefficient (Wildman–Crippen LogP) is 3.06. The molecule has 3 nitrogen and oxygen atoms in total. The molecule has 1 aromatic carbocycles. The van der Waals surface area contributed by atoms with Gasteiger partial charge in [0.15, 0.2) is 0 Å². The maximum absolute atomic E-state index is 5.50. The molecule has 0 aliphatic carbocycles. The Labute approximate surface area is 104 Å². The minimum Gasteiger partial charge on any atom is -0.382 e. The topological polar surface area (TPSA) is 30.5 Å². The molecule has 0 radical (unpaired) electrons. The summed E-state index contributed by atoms with van der Waals surface area (Å²) in [4.78, 5) is 0. The number of rotatable bonds is 9. The Kier molecular flexibility index (Phi) is 7.43. The molecule has 1 rings (SSSR count). The van der Waals surface area contributed by atoms with E-state index >= 15 is 0 Å². The lowest BCUT2D eigenvalue weighted by Crippen LogP contribution is -2.11. The van der Waals surface area contributed by atoms with Crippen LogP contribution < -0.4 is 5.32 Å². The summed E-state index contributed by atoms with van der Waals surface area (Å²) in [6, 6.07) is 8.20. The van der Waals surface area contributed by atoms with Crippen molar-refractivity contribution in [2.75, 3.05) is 32.2 Å². The molecule has 1 N–H and O–H groups in total. The number of ether oxygens (including phenoxy) is 2. The third kappa shape index (κ3) is 5.71. The summed E-state index contributed by atoms with van der Waals surface area (Å²) in [6.07, 6.45) is 2.32. The zero-order chi connectivity index (χ0) is 12.3. The van der Waals surface area contributed by atoms with Crippen LogP contribution in [0.1, 0.15) is 25.3 Å². The van der Waals surface area contributed by atoms with Gasteiger partial charge in [0.25, 0.3) is 0 Å². The number of benzene rings is 1. The van der Waals surface area contributed by atoms with Gasteiger partial charge in [0.1, 0.15) is 0 Å². The fourth-order valence-corrected chi connectivity index (χ4v) is 1.58. The maximum Gasteiger partial charge on any atom is 0.0733 e. The molecule has 0 saturated heterocycles. The first-order valence-electron chi connectivity index (χ1n) is 6.27. The zero-order valence-corrected chi connectivity index (χ0v) is 10.9. The number of unbranched alkanes of at least 4 members (excludes halogenated alkanes) is 1. The molecule has 1 aromatic rings. The Hall–Kier alpha value is -1.06. The quantitative estimate of drug-likeness (QED) is 0.670. The first-order chi connectivity index (χ1) is 8.38. The first-order valence-corrected chi connectivity index (χ1v) is 6.27. The second kappa shape index (κ2) is 9.02. The molecule has 0 aliphatic rings. The fraction of sp³-hybridized carbons (Fsp3) is 0.571. The van der Waals surface area contributed by atoms with E-state index in [0.717, 1.165) is 31.9 Å². The summed E-state index contributed by atoms with van der Waals surface area (Å²) < 4.78 is 10.7. The van der Waals surface area contributed by atoms with Crippen molar-refractivity contribution in [3.8, 4) is 0 Å². The fourth-order valence-electron chi connectivity index (χ4n) is 1.58. The van der Waals surface area contributed by atoms with Gasteiger partial charge in [0.2, 0.25) is 0 Å². The van der Waals surface area contributed by atoms with Crippen molar-refractivity contribution in [3.05, 3.63) is 29.8 Å². The van der Waals surface area contributed by atoms with Gasteiger partial charge in [-0.2, -0.15) is 0 Å².